The Bertz CT molecular complexity index is 1010. The minimum absolute atomic E-state index is 0.00431. The number of nitrogens with one attached hydrogen (secondary N) is 3. The van der Waals surface area contributed by atoms with Gasteiger partial charge in [0, 0.05) is 11.1 Å². The number of esters is 1. The van der Waals surface area contributed by atoms with Gasteiger partial charge in [-0.1, -0.05) is 18.2 Å². The second-order valence-electron chi connectivity index (χ2n) is 7.32. The topological polar surface area (TPSA) is 131 Å². The summed E-state index contributed by atoms with van der Waals surface area (Å²) >= 11 is 0. The highest BCUT2D eigenvalue weighted by Crippen LogP contribution is 2.14. The van der Waals surface area contributed by atoms with Crippen LogP contribution in [0.2, 0.25) is 0 Å². The quantitative estimate of drug-likeness (QED) is 0.466. The summed E-state index contributed by atoms with van der Waals surface area (Å²) in [6.45, 7) is 4.51. The summed E-state index contributed by atoms with van der Waals surface area (Å²) in [4.78, 5) is 35.6. The van der Waals surface area contributed by atoms with Gasteiger partial charge >= 0.3 is 5.97 Å². The Morgan fingerprint density at radius 3 is 2.03 bits per heavy atom. The Morgan fingerprint density at radius 2 is 1.47 bits per heavy atom. The van der Waals surface area contributed by atoms with E-state index in [0.29, 0.717) is 5.56 Å². The standard InChI is InChI=1S/C20H23N3O6S/c1-20(2,3)23-30(27,28)16-11-9-15(10-12-16)19(26)29-13-17(24)21-22-18(25)14-7-5-4-6-8-14/h4-12,23H,13H2,1-3H3,(H,21,24)(H,22,25). The van der Waals surface area contributed by atoms with Crippen LogP contribution in [-0.2, 0) is 19.6 Å². The van der Waals surface area contributed by atoms with Gasteiger partial charge in [-0.2, -0.15) is 0 Å². The number of amides is 2. The fourth-order valence-corrected chi connectivity index (χ4v) is 3.69. The third kappa shape index (κ3) is 6.98. The van der Waals surface area contributed by atoms with E-state index in [1.165, 1.54) is 24.3 Å². The number of hydrogen-bond acceptors (Lipinski definition) is 6. The van der Waals surface area contributed by atoms with Gasteiger partial charge in [0.1, 0.15) is 0 Å². The van der Waals surface area contributed by atoms with Crippen molar-refractivity contribution in [3.8, 4) is 0 Å². The first-order chi connectivity index (χ1) is 14.0. The summed E-state index contributed by atoms with van der Waals surface area (Å²) in [6, 6.07) is 13.4. The van der Waals surface area contributed by atoms with E-state index >= 15 is 0 Å². The van der Waals surface area contributed by atoms with Crippen molar-refractivity contribution in [3.63, 3.8) is 0 Å². The lowest BCUT2D eigenvalue weighted by Crippen LogP contribution is -2.43. The normalized spacial score (nSPS) is 11.4. The molecule has 0 bridgehead atoms. The molecule has 2 aromatic rings. The molecule has 9 nitrogen and oxygen atoms in total. The van der Waals surface area contributed by atoms with Crippen molar-refractivity contribution in [3.05, 3.63) is 65.7 Å². The zero-order chi connectivity index (χ0) is 22.4. The molecule has 160 valence electrons. The number of sulfonamides is 1. The number of ether oxygens (including phenoxy) is 1. The average molecular weight is 433 g/mol. The van der Waals surface area contributed by atoms with Gasteiger partial charge in [0.05, 0.1) is 10.5 Å². The molecule has 0 aliphatic rings. The van der Waals surface area contributed by atoms with E-state index in [9.17, 15) is 22.8 Å². The van der Waals surface area contributed by atoms with Crippen molar-refractivity contribution in [2.75, 3.05) is 6.61 Å². The molecule has 2 aromatic carbocycles. The largest absolute Gasteiger partial charge is 0.452 e. The lowest BCUT2D eigenvalue weighted by Gasteiger charge is -2.20. The molecule has 2 amide bonds. The molecule has 0 fully saturated rings. The molecule has 0 saturated carbocycles. The van der Waals surface area contributed by atoms with Crippen molar-refractivity contribution < 1.29 is 27.5 Å². The Labute approximate surface area is 174 Å². The maximum atomic E-state index is 12.3. The van der Waals surface area contributed by atoms with Gasteiger partial charge < -0.3 is 4.74 Å². The molecule has 3 N–H and O–H groups in total. The molecule has 0 radical (unpaired) electrons. The first kappa shape index (κ1) is 23.0. The zero-order valence-corrected chi connectivity index (χ0v) is 17.6. The summed E-state index contributed by atoms with van der Waals surface area (Å²) in [5.41, 5.74) is 4.11. The Balaban J connectivity index is 1.86. The second kappa shape index (κ2) is 9.51. The van der Waals surface area contributed by atoms with E-state index in [-0.39, 0.29) is 10.5 Å². The number of hydrazine groups is 1. The minimum Gasteiger partial charge on any atom is -0.452 e. The first-order valence-electron chi connectivity index (χ1n) is 8.93. The summed E-state index contributed by atoms with van der Waals surface area (Å²) in [7, 11) is -3.73. The van der Waals surface area contributed by atoms with Crippen LogP contribution in [0.5, 0.6) is 0 Å². The molecule has 0 unspecified atom stereocenters. The fourth-order valence-electron chi connectivity index (χ4n) is 2.27. The van der Waals surface area contributed by atoms with Crippen LogP contribution >= 0.6 is 0 Å². The lowest BCUT2D eigenvalue weighted by atomic mass is 10.1. The van der Waals surface area contributed by atoms with E-state index in [1.807, 2.05) is 0 Å². The van der Waals surface area contributed by atoms with E-state index in [0.717, 1.165) is 0 Å². The van der Waals surface area contributed by atoms with Crippen LogP contribution in [0.4, 0.5) is 0 Å². The van der Waals surface area contributed by atoms with Crippen LogP contribution in [-0.4, -0.2) is 38.3 Å². The van der Waals surface area contributed by atoms with Crippen molar-refractivity contribution in [1.82, 2.24) is 15.6 Å². The van der Waals surface area contributed by atoms with Gasteiger partial charge in [-0.25, -0.2) is 17.9 Å². The molecule has 2 rings (SSSR count). The minimum atomic E-state index is -3.73. The highest BCUT2D eigenvalue weighted by Gasteiger charge is 2.22. The molecule has 0 aromatic heterocycles. The molecular formula is C20H23N3O6S. The Hall–Kier alpha value is -3.24. The number of carbonyl (C=O) groups excluding carboxylic acids is 3. The number of carbonyl (C=O) groups is 3. The predicted molar refractivity (Wildman–Crippen MR) is 109 cm³/mol. The smallest absolute Gasteiger partial charge is 0.338 e. The first-order valence-corrected chi connectivity index (χ1v) is 10.4. The van der Waals surface area contributed by atoms with Crippen LogP contribution in [0.15, 0.2) is 59.5 Å². The number of rotatable bonds is 6. The maximum Gasteiger partial charge on any atom is 0.338 e. The molecule has 10 heteroatoms. The molecule has 0 aliphatic heterocycles. The highest BCUT2D eigenvalue weighted by molar-refractivity contribution is 7.89. The van der Waals surface area contributed by atoms with Crippen molar-refractivity contribution in [2.24, 2.45) is 0 Å². The molecule has 0 saturated heterocycles. The van der Waals surface area contributed by atoms with E-state index in [4.69, 9.17) is 4.74 Å². The maximum absolute atomic E-state index is 12.3. The van der Waals surface area contributed by atoms with Gasteiger partial charge in [0.25, 0.3) is 11.8 Å². The van der Waals surface area contributed by atoms with Crippen LogP contribution < -0.4 is 15.6 Å². The third-order valence-corrected chi connectivity index (χ3v) is 5.30. The Morgan fingerprint density at radius 1 is 0.867 bits per heavy atom. The number of hydrogen-bond donors (Lipinski definition) is 3. The SMILES string of the molecule is CC(C)(C)NS(=O)(=O)c1ccc(C(=O)OCC(=O)NNC(=O)c2ccccc2)cc1. The molecule has 0 atom stereocenters. The van der Waals surface area contributed by atoms with Crippen LogP contribution in [0.3, 0.4) is 0 Å². The molecule has 0 spiro atoms. The highest BCUT2D eigenvalue weighted by atomic mass is 32.2. The molecule has 0 aliphatic carbocycles. The van der Waals surface area contributed by atoms with Crippen molar-refractivity contribution >= 4 is 27.8 Å². The zero-order valence-electron chi connectivity index (χ0n) is 16.8. The summed E-state index contributed by atoms with van der Waals surface area (Å²) in [5, 5.41) is 0. The predicted octanol–water partition coefficient (Wildman–Crippen LogP) is 1.38. The van der Waals surface area contributed by atoms with Gasteiger partial charge in [-0.15, -0.1) is 0 Å². The second-order valence-corrected chi connectivity index (χ2v) is 9.01. The third-order valence-electron chi connectivity index (χ3n) is 3.53. The molecular weight excluding hydrogens is 410 g/mol. The van der Waals surface area contributed by atoms with Gasteiger partial charge in [0.2, 0.25) is 10.0 Å². The van der Waals surface area contributed by atoms with Gasteiger partial charge in [-0.3, -0.25) is 20.4 Å². The van der Waals surface area contributed by atoms with Crippen molar-refractivity contribution in [2.45, 2.75) is 31.2 Å². The van der Waals surface area contributed by atoms with E-state index < -0.39 is 40.0 Å². The van der Waals surface area contributed by atoms with Crippen LogP contribution in [0.1, 0.15) is 41.5 Å². The number of benzene rings is 2. The lowest BCUT2D eigenvalue weighted by molar-refractivity contribution is -0.125. The van der Waals surface area contributed by atoms with Crippen molar-refractivity contribution in [1.29, 1.82) is 0 Å². The van der Waals surface area contributed by atoms with E-state index in [2.05, 4.69) is 15.6 Å². The van der Waals surface area contributed by atoms with Gasteiger partial charge in [-0.05, 0) is 57.2 Å². The fraction of sp³-hybridized carbons (Fsp3) is 0.250. The Kier molecular flexibility index (Phi) is 7.30. The average Bonchev–Trinajstić information content (AvgIpc) is 2.69. The molecule has 0 heterocycles. The van der Waals surface area contributed by atoms with Crippen LogP contribution in [0, 0.1) is 0 Å². The van der Waals surface area contributed by atoms with Crippen LogP contribution in [0.25, 0.3) is 0 Å². The summed E-state index contributed by atoms with van der Waals surface area (Å²) in [6.07, 6.45) is 0. The molecule has 30 heavy (non-hydrogen) atoms. The van der Waals surface area contributed by atoms with E-state index in [1.54, 1.807) is 51.1 Å². The summed E-state index contributed by atoms with van der Waals surface area (Å²) in [5.74, 6) is -2.07. The summed E-state index contributed by atoms with van der Waals surface area (Å²) < 4.78 is 31.9. The monoisotopic (exact) mass is 433 g/mol. The van der Waals surface area contributed by atoms with Gasteiger partial charge in [0.15, 0.2) is 6.61 Å².